The van der Waals surface area contributed by atoms with E-state index in [2.05, 4.69) is 11.4 Å². The SMILES string of the molecule is N#C/C(=C/c1cc2c(cc1[N+](=O)[O-])OCO2)C(=O)Nc1sc2c(c1C#N)CCCC2. The molecule has 10 heteroatoms. The fraction of sp³-hybridized carbons (Fsp3) is 0.250. The number of carbonyl (C=O) groups is 1. The van der Waals surface area contributed by atoms with Crippen LogP contribution in [-0.4, -0.2) is 17.6 Å². The van der Waals surface area contributed by atoms with Crippen molar-refractivity contribution in [2.45, 2.75) is 25.7 Å². The van der Waals surface area contributed by atoms with Crippen LogP contribution in [0.4, 0.5) is 10.7 Å². The second-order valence-corrected chi connectivity index (χ2v) is 7.78. The smallest absolute Gasteiger partial charge is 0.280 e. The van der Waals surface area contributed by atoms with Crippen molar-refractivity contribution < 1.29 is 19.2 Å². The van der Waals surface area contributed by atoms with Gasteiger partial charge in [0.1, 0.15) is 22.7 Å². The maximum atomic E-state index is 12.7. The lowest BCUT2D eigenvalue weighted by Gasteiger charge is -2.09. The van der Waals surface area contributed by atoms with Gasteiger partial charge in [0, 0.05) is 4.88 Å². The third kappa shape index (κ3) is 3.45. The molecular formula is C20H14N4O5S. The number of amides is 1. The highest BCUT2D eigenvalue weighted by atomic mass is 32.1. The van der Waals surface area contributed by atoms with Gasteiger partial charge < -0.3 is 14.8 Å². The Hall–Kier alpha value is -3.89. The molecule has 30 heavy (non-hydrogen) atoms. The third-order valence-corrected chi connectivity index (χ3v) is 6.10. The van der Waals surface area contributed by atoms with Crippen molar-refractivity contribution in [3.05, 3.63) is 49.4 Å². The van der Waals surface area contributed by atoms with Crippen LogP contribution >= 0.6 is 11.3 Å². The van der Waals surface area contributed by atoms with Crippen LogP contribution in [-0.2, 0) is 17.6 Å². The van der Waals surface area contributed by atoms with Crippen LogP contribution in [0.3, 0.4) is 0 Å². The first-order chi connectivity index (χ1) is 14.5. The molecule has 1 aromatic heterocycles. The van der Waals surface area contributed by atoms with Gasteiger partial charge in [-0.1, -0.05) is 0 Å². The van der Waals surface area contributed by atoms with Crippen LogP contribution in [0.1, 0.15) is 34.4 Å². The van der Waals surface area contributed by atoms with Gasteiger partial charge in [-0.05, 0) is 43.4 Å². The largest absolute Gasteiger partial charge is 0.454 e. The zero-order valence-electron chi connectivity index (χ0n) is 15.6. The molecule has 1 aliphatic heterocycles. The van der Waals surface area contributed by atoms with Crippen LogP contribution in [0, 0.1) is 32.8 Å². The summed E-state index contributed by atoms with van der Waals surface area (Å²) in [6.07, 6.45) is 4.80. The predicted octanol–water partition coefficient (Wildman–Crippen LogP) is 3.68. The monoisotopic (exact) mass is 422 g/mol. The van der Waals surface area contributed by atoms with Gasteiger partial charge in [-0.2, -0.15) is 10.5 Å². The predicted molar refractivity (Wildman–Crippen MR) is 107 cm³/mol. The van der Waals surface area contributed by atoms with Crippen LogP contribution in [0.5, 0.6) is 11.5 Å². The highest BCUT2D eigenvalue weighted by molar-refractivity contribution is 7.16. The van der Waals surface area contributed by atoms with Crippen molar-refractivity contribution in [3.8, 4) is 23.6 Å². The van der Waals surface area contributed by atoms with Crippen LogP contribution in [0.2, 0.25) is 0 Å². The van der Waals surface area contributed by atoms with Gasteiger partial charge in [0.2, 0.25) is 6.79 Å². The molecule has 0 atom stereocenters. The van der Waals surface area contributed by atoms with Gasteiger partial charge in [0.25, 0.3) is 11.6 Å². The lowest BCUT2D eigenvalue weighted by atomic mass is 9.96. The maximum Gasteiger partial charge on any atom is 0.280 e. The van der Waals surface area contributed by atoms with Crippen LogP contribution in [0.15, 0.2) is 17.7 Å². The molecule has 0 radical (unpaired) electrons. The number of carbonyl (C=O) groups excluding carboxylic acids is 1. The van der Waals surface area contributed by atoms with E-state index in [0.717, 1.165) is 42.2 Å². The van der Waals surface area contributed by atoms with E-state index < -0.39 is 10.8 Å². The summed E-state index contributed by atoms with van der Waals surface area (Å²) in [5.41, 5.74) is 0.783. The maximum absolute atomic E-state index is 12.7. The number of nitrogens with zero attached hydrogens (tertiary/aromatic N) is 3. The molecule has 0 saturated heterocycles. The minimum absolute atomic E-state index is 0.0435. The summed E-state index contributed by atoms with van der Waals surface area (Å²) in [5.74, 6) is -0.216. The number of hydrogen-bond acceptors (Lipinski definition) is 8. The number of hydrogen-bond donors (Lipinski definition) is 1. The highest BCUT2D eigenvalue weighted by Gasteiger charge is 2.25. The summed E-state index contributed by atoms with van der Waals surface area (Å²) >= 11 is 1.34. The Morgan fingerprint density at radius 2 is 1.97 bits per heavy atom. The first-order valence-electron chi connectivity index (χ1n) is 9.07. The van der Waals surface area contributed by atoms with Crippen molar-refractivity contribution in [1.29, 1.82) is 10.5 Å². The number of fused-ring (bicyclic) bond motifs is 2. The second kappa shape index (κ2) is 7.85. The molecular weight excluding hydrogens is 408 g/mol. The number of nitro groups is 1. The van der Waals surface area contributed by atoms with E-state index in [9.17, 15) is 25.4 Å². The van der Waals surface area contributed by atoms with Crippen molar-refractivity contribution in [2.24, 2.45) is 0 Å². The zero-order chi connectivity index (χ0) is 21.3. The second-order valence-electron chi connectivity index (χ2n) is 6.67. The number of ether oxygens (including phenoxy) is 2. The molecule has 1 N–H and O–H groups in total. The molecule has 2 aromatic rings. The Bertz CT molecular complexity index is 1190. The van der Waals surface area contributed by atoms with Gasteiger partial charge >= 0.3 is 0 Å². The average Bonchev–Trinajstić information content (AvgIpc) is 3.34. The van der Waals surface area contributed by atoms with E-state index in [4.69, 9.17) is 9.47 Å². The Morgan fingerprint density at radius 1 is 1.23 bits per heavy atom. The normalized spacial score (nSPS) is 14.4. The molecule has 4 rings (SSSR count). The summed E-state index contributed by atoms with van der Waals surface area (Å²) in [7, 11) is 0. The molecule has 9 nitrogen and oxygen atoms in total. The number of anilines is 1. The fourth-order valence-corrected chi connectivity index (χ4v) is 4.70. The van der Waals surface area contributed by atoms with E-state index in [-0.39, 0.29) is 29.4 Å². The zero-order valence-corrected chi connectivity index (χ0v) is 16.4. The van der Waals surface area contributed by atoms with Crippen LogP contribution < -0.4 is 14.8 Å². The van der Waals surface area contributed by atoms with E-state index in [1.165, 1.54) is 23.5 Å². The number of nitro benzene ring substituents is 1. The number of nitriles is 2. The molecule has 0 fully saturated rings. The third-order valence-electron chi connectivity index (χ3n) is 4.89. The molecule has 2 aliphatic rings. The molecule has 0 bridgehead atoms. The molecule has 0 spiro atoms. The van der Waals surface area contributed by atoms with E-state index >= 15 is 0 Å². The first-order valence-corrected chi connectivity index (χ1v) is 9.89. The van der Waals surface area contributed by atoms with Gasteiger partial charge in [-0.3, -0.25) is 14.9 Å². The lowest BCUT2D eigenvalue weighted by molar-refractivity contribution is -0.385. The topological polar surface area (TPSA) is 138 Å². The molecule has 2 heterocycles. The Morgan fingerprint density at radius 3 is 2.67 bits per heavy atom. The summed E-state index contributed by atoms with van der Waals surface area (Å²) < 4.78 is 10.4. The Balaban J connectivity index is 1.67. The van der Waals surface area contributed by atoms with E-state index in [1.54, 1.807) is 6.07 Å². The Kier molecular flexibility index (Phi) is 5.09. The summed E-state index contributed by atoms with van der Waals surface area (Å²) in [6, 6.07) is 6.47. The summed E-state index contributed by atoms with van der Waals surface area (Å²) in [5, 5.41) is 33.4. The van der Waals surface area contributed by atoms with Crippen molar-refractivity contribution >= 4 is 34.0 Å². The van der Waals surface area contributed by atoms with Gasteiger partial charge in [0.05, 0.1) is 22.1 Å². The quantitative estimate of drug-likeness (QED) is 0.343. The van der Waals surface area contributed by atoms with Crippen molar-refractivity contribution in [3.63, 3.8) is 0 Å². The molecule has 0 saturated carbocycles. The summed E-state index contributed by atoms with van der Waals surface area (Å²) in [6.45, 7) is -0.0643. The standard InChI is InChI=1S/C20H14N4O5S/c21-8-12(5-11-6-16-17(29-10-28-16)7-15(11)24(26)27)19(25)23-20-14(9-22)13-3-1-2-4-18(13)30-20/h5-7H,1-4,10H2,(H,23,25)/b12-5-. The number of benzene rings is 1. The highest BCUT2D eigenvalue weighted by Crippen LogP contribution is 2.40. The fourth-order valence-electron chi connectivity index (χ4n) is 3.47. The van der Waals surface area contributed by atoms with Gasteiger partial charge in [-0.15, -0.1) is 11.3 Å². The van der Waals surface area contributed by atoms with Gasteiger partial charge in [0.15, 0.2) is 11.5 Å². The first kappa shape index (κ1) is 19.4. The van der Waals surface area contributed by atoms with Crippen molar-refractivity contribution in [1.82, 2.24) is 0 Å². The van der Waals surface area contributed by atoms with Crippen molar-refractivity contribution in [2.75, 3.05) is 12.1 Å². The van der Waals surface area contributed by atoms with E-state index in [0.29, 0.717) is 16.3 Å². The molecule has 0 unspecified atom stereocenters. The number of rotatable bonds is 4. The lowest BCUT2D eigenvalue weighted by Crippen LogP contribution is -2.13. The average molecular weight is 422 g/mol. The molecule has 1 amide bonds. The van der Waals surface area contributed by atoms with Crippen LogP contribution in [0.25, 0.3) is 6.08 Å². The number of thiophene rings is 1. The number of aryl methyl sites for hydroxylation is 1. The Labute approximate surface area is 174 Å². The summed E-state index contributed by atoms with van der Waals surface area (Å²) in [4.78, 5) is 24.6. The minimum atomic E-state index is -0.737. The van der Waals surface area contributed by atoms with E-state index in [1.807, 2.05) is 0 Å². The minimum Gasteiger partial charge on any atom is -0.454 e. The van der Waals surface area contributed by atoms with Gasteiger partial charge in [-0.25, -0.2) is 0 Å². The molecule has 1 aromatic carbocycles. The number of nitrogens with one attached hydrogen (secondary N) is 1. The molecule has 1 aliphatic carbocycles. The molecule has 150 valence electrons.